The van der Waals surface area contributed by atoms with Crippen molar-refractivity contribution in [1.29, 1.82) is 0 Å². The van der Waals surface area contributed by atoms with Gasteiger partial charge in [0.1, 0.15) is 0 Å². The number of aromatic nitrogens is 1. The molecule has 1 aromatic carbocycles. The van der Waals surface area contributed by atoms with E-state index in [1.165, 1.54) is 16.6 Å². The molecule has 0 fully saturated rings. The lowest BCUT2D eigenvalue weighted by atomic mass is 10.3. The van der Waals surface area contributed by atoms with Crippen molar-refractivity contribution in [3.8, 4) is 0 Å². The fourth-order valence-electron chi connectivity index (χ4n) is 1.95. The Morgan fingerprint density at radius 3 is 2.48 bits per heavy atom. The first kappa shape index (κ1) is 15.4. The van der Waals surface area contributed by atoms with Crippen LogP contribution >= 0.6 is 0 Å². The Balaban J connectivity index is 2.48. The van der Waals surface area contributed by atoms with E-state index < -0.39 is 20.9 Å². The summed E-state index contributed by atoms with van der Waals surface area (Å²) >= 11 is 0. The number of benzene rings is 1. The number of sulfonamides is 1. The molecule has 0 aliphatic rings. The fourth-order valence-corrected chi connectivity index (χ4v) is 3.44. The number of pyridine rings is 1. The second-order valence-corrected chi connectivity index (χ2v) is 6.33. The summed E-state index contributed by atoms with van der Waals surface area (Å²) in [7, 11) is -4.01. The van der Waals surface area contributed by atoms with Crippen molar-refractivity contribution in [2.24, 2.45) is 0 Å². The molecular weight excluding hydrogens is 291 g/mol. The van der Waals surface area contributed by atoms with Gasteiger partial charge in [0.05, 0.1) is 5.69 Å². The van der Waals surface area contributed by atoms with Gasteiger partial charge in [0, 0.05) is 12.7 Å². The van der Waals surface area contributed by atoms with E-state index in [1.54, 1.807) is 30.3 Å². The predicted molar refractivity (Wildman–Crippen MR) is 80.1 cm³/mol. The van der Waals surface area contributed by atoms with Gasteiger partial charge in [0.2, 0.25) is 5.03 Å². The fraction of sp³-hybridized carbons (Fsp3) is 0.267. The summed E-state index contributed by atoms with van der Waals surface area (Å²) in [6.45, 7) is 2.26. The smallest absolute Gasteiger partial charge is 0.265 e. The van der Waals surface area contributed by atoms with Crippen LogP contribution in [0.5, 0.6) is 0 Å². The summed E-state index contributed by atoms with van der Waals surface area (Å²) in [6.07, 6.45) is 2.80. The van der Waals surface area contributed by atoms with Crippen molar-refractivity contribution in [3.63, 3.8) is 0 Å². The molecule has 0 saturated carbocycles. The SMILES string of the molecule is CCCCN(c1ccccc1)S(=O)(=O)c1ncccc1F. The van der Waals surface area contributed by atoms with Gasteiger partial charge >= 0.3 is 0 Å². The summed E-state index contributed by atoms with van der Waals surface area (Å²) in [4.78, 5) is 3.70. The van der Waals surface area contributed by atoms with E-state index in [4.69, 9.17) is 0 Å². The monoisotopic (exact) mass is 308 g/mol. The van der Waals surface area contributed by atoms with Crippen molar-refractivity contribution in [2.45, 2.75) is 24.8 Å². The van der Waals surface area contributed by atoms with Crippen LogP contribution in [0.15, 0.2) is 53.7 Å². The molecule has 112 valence electrons. The summed E-state index contributed by atoms with van der Waals surface area (Å²) in [5.41, 5.74) is 0.510. The minimum Gasteiger partial charge on any atom is -0.265 e. The standard InChI is InChI=1S/C15H17FN2O2S/c1-2-3-12-18(13-8-5-4-6-9-13)21(19,20)15-14(16)10-7-11-17-15/h4-11H,2-3,12H2,1H3. The molecule has 4 nitrogen and oxygen atoms in total. The molecule has 0 saturated heterocycles. The average Bonchev–Trinajstić information content (AvgIpc) is 2.49. The maximum atomic E-state index is 13.8. The highest BCUT2D eigenvalue weighted by molar-refractivity contribution is 7.92. The summed E-state index contributed by atoms with van der Waals surface area (Å²) in [6, 6.07) is 11.1. The summed E-state index contributed by atoms with van der Waals surface area (Å²) < 4.78 is 40.4. The molecule has 0 radical (unpaired) electrons. The number of nitrogens with zero attached hydrogens (tertiary/aromatic N) is 2. The van der Waals surface area contributed by atoms with Crippen LogP contribution in [0.25, 0.3) is 0 Å². The zero-order valence-corrected chi connectivity index (χ0v) is 12.6. The van der Waals surface area contributed by atoms with Gasteiger partial charge in [0.25, 0.3) is 10.0 Å². The zero-order chi connectivity index (χ0) is 15.3. The van der Waals surface area contributed by atoms with Gasteiger partial charge in [-0.25, -0.2) is 9.37 Å². The summed E-state index contributed by atoms with van der Waals surface area (Å²) in [5.74, 6) is -0.838. The Morgan fingerprint density at radius 1 is 1.14 bits per heavy atom. The van der Waals surface area contributed by atoms with Gasteiger partial charge in [-0.3, -0.25) is 4.31 Å². The third-order valence-electron chi connectivity index (χ3n) is 3.02. The molecule has 0 aliphatic carbocycles. The van der Waals surface area contributed by atoms with Crippen LogP contribution < -0.4 is 4.31 Å². The van der Waals surface area contributed by atoms with Crippen LogP contribution in [0.3, 0.4) is 0 Å². The number of para-hydroxylation sites is 1. The van der Waals surface area contributed by atoms with Crippen molar-refractivity contribution < 1.29 is 12.8 Å². The maximum Gasteiger partial charge on any atom is 0.284 e. The molecule has 0 atom stereocenters. The molecule has 21 heavy (non-hydrogen) atoms. The van der Waals surface area contributed by atoms with Crippen LogP contribution in [-0.2, 0) is 10.0 Å². The van der Waals surface area contributed by atoms with Crippen LogP contribution in [-0.4, -0.2) is 19.9 Å². The van der Waals surface area contributed by atoms with Crippen LogP contribution in [0, 0.1) is 5.82 Å². The number of halogens is 1. The van der Waals surface area contributed by atoms with E-state index >= 15 is 0 Å². The van der Waals surface area contributed by atoms with Crippen molar-refractivity contribution in [3.05, 3.63) is 54.5 Å². The Bertz CT molecular complexity index is 690. The highest BCUT2D eigenvalue weighted by Crippen LogP contribution is 2.24. The van der Waals surface area contributed by atoms with E-state index in [0.29, 0.717) is 18.7 Å². The summed E-state index contributed by atoms with van der Waals surface area (Å²) in [5, 5.41) is -0.537. The Labute approximate surface area is 124 Å². The van der Waals surface area contributed by atoms with Gasteiger partial charge in [-0.2, -0.15) is 8.42 Å². The Kier molecular flexibility index (Phi) is 4.90. The van der Waals surface area contributed by atoms with Crippen molar-refractivity contribution >= 4 is 15.7 Å². The van der Waals surface area contributed by atoms with Gasteiger partial charge in [-0.15, -0.1) is 0 Å². The molecule has 0 unspecified atom stereocenters. The normalized spacial score (nSPS) is 11.3. The lowest BCUT2D eigenvalue weighted by Gasteiger charge is -2.23. The predicted octanol–water partition coefficient (Wildman–Crippen LogP) is 3.22. The van der Waals surface area contributed by atoms with E-state index in [0.717, 1.165) is 12.5 Å². The first-order chi connectivity index (χ1) is 10.1. The molecule has 0 aliphatic heterocycles. The van der Waals surface area contributed by atoms with Gasteiger partial charge in [-0.1, -0.05) is 31.5 Å². The third kappa shape index (κ3) is 3.39. The van der Waals surface area contributed by atoms with E-state index in [2.05, 4.69) is 4.98 Å². The zero-order valence-electron chi connectivity index (χ0n) is 11.7. The molecule has 0 spiro atoms. The Hall–Kier alpha value is -1.95. The topological polar surface area (TPSA) is 50.3 Å². The molecule has 1 aromatic heterocycles. The quantitative estimate of drug-likeness (QED) is 0.823. The molecule has 6 heteroatoms. The minimum absolute atomic E-state index is 0.291. The van der Waals surface area contributed by atoms with Crippen LogP contribution in [0.2, 0.25) is 0 Å². The molecule has 2 aromatic rings. The average molecular weight is 308 g/mol. The van der Waals surface area contributed by atoms with Crippen LogP contribution in [0.1, 0.15) is 19.8 Å². The molecule has 2 rings (SSSR count). The lowest BCUT2D eigenvalue weighted by molar-refractivity contribution is 0.549. The Morgan fingerprint density at radius 2 is 1.86 bits per heavy atom. The molecular formula is C15H17FN2O2S. The van der Waals surface area contributed by atoms with Crippen molar-refractivity contribution in [1.82, 2.24) is 4.98 Å². The lowest BCUT2D eigenvalue weighted by Crippen LogP contribution is -2.33. The van der Waals surface area contributed by atoms with Crippen molar-refractivity contribution in [2.75, 3.05) is 10.8 Å². The van der Waals surface area contributed by atoms with Gasteiger partial charge < -0.3 is 0 Å². The number of hydrogen-bond acceptors (Lipinski definition) is 3. The van der Waals surface area contributed by atoms with Gasteiger partial charge in [-0.05, 0) is 30.7 Å². The number of rotatable bonds is 6. The second kappa shape index (κ2) is 6.67. The highest BCUT2D eigenvalue weighted by Gasteiger charge is 2.28. The number of unbranched alkanes of at least 4 members (excludes halogenated alkanes) is 1. The number of anilines is 1. The first-order valence-corrected chi connectivity index (χ1v) is 8.19. The highest BCUT2D eigenvalue weighted by atomic mass is 32.2. The largest absolute Gasteiger partial charge is 0.284 e. The van der Waals surface area contributed by atoms with E-state index in [-0.39, 0.29) is 0 Å². The molecule has 0 amide bonds. The van der Waals surface area contributed by atoms with E-state index in [1.807, 2.05) is 6.92 Å². The third-order valence-corrected chi connectivity index (χ3v) is 4.78. The molecule has 0 N–H and O–H groups in total. The first-order valence-electron chi connectivity index (χ1n) is 6.75. The van der Waals surface area contributed by atoms with Crippen LogP contribution in [0.4, 0.5) is 10.1 Å². The second-order valence-electron chi connectivity index (χ2n) is 4.56. The van der Waals surface area contributed by atoms with Gasteiger partial charge in [0.15, 0.2) is 5.82 Å². The maximum absolute atomic E-state index is 13.8. The minimum atomic E-state index is -4.01. The number of hydrogen-bond donors (Lipinski definition) is 0. The van der Waals surface area contributed by atoms with E-state index in [9.17, 15) is 12.8 Å². The molecule has 0 bridgehead atoms. The molecule has 1 heterocycles.